The van der Waals surface area contributed by atoms with Crippen LogP contribution in [-0.2, 0) is 0 Å². The van der Waals surface area contributed by atoms with E-state index in [1.165, 1.54) is 11.3 Å². The van der Waals surface area contributed by atoms with Crippen LogP contribution in [0.3, 0.4) is 0 Å². The number of aromatic nitrogens is 1. The molecule has 1 aromatic heterocycles. The largest absolute Gasteiger partial charge is 0.226 e. The molecular weight excluding hydrogens is 216 g/mol. The Morgan fingerprint density at radius 2 is 2.25 bits per heavy atom. The second-order valence-corrected chi connectivity index (χ2v) is 3.37. The van der Waals surface area contributed by atoms with Crippen LogP contribution in [0.1, 0.15) is 31.5 Å². The predicted octanol–water partition coefficient (Wildman–Crippen LogP) is 4.19. The topological polar surface area (TPSA) is 36.7 Å². The van der Waals surface area contributed by atoms with E-state index in [-0.39, 0.29) is 0 Å². The molecule has 0 saturated carbocycles. The minimum atomic E-state index is 0.486. The van der Waals surface area contributed by atoms with Crippen LogP contribution in [0, 0.1) is 11.3 Å². The zero-order valence-corrected chi connectivity index (χ0v) is 10.7. The van der Waals surface area contributed by atoms with Gasteiger partial charge in [-0.25, -0.2) is 4.98 Å². The second kappa shape index (κ2) is 8.63. The minimum absolute atomic E-state index is 0.486. The first-order chi connectivity index (χ1) is 7.81. The van der Waals surface area contributed by atoms with E-state index >= 15 is 0 Å². The fourth-order valence-electron chi connectivity index (χ4n) is 0.991. The summed E-state index contributed by atoms with van der Waals surface area (Å²) < 4.78 is 0. The molecule has 0 N–H and O–H groups in total. The first kappa shape index (κ1) is 14.3. The Hall–Kier alpha value is -1.66. The van der Waals surface area contributed by atoms with E-state index in [0.29, 0.717) is 5.01 Å². The van der Waals surface area contributed by atoms with Gasteiger partial charge in [0, 0.05) is 11.0 Å². The lowest BCUT2D eigenvalue weighted by molar-refractivity contribution is 1.31. The molecule has 0 bridgehead atoms. The standard InChI is InChI=1S/C11H10N2S.C2H6/c1-3-5-9(6-4-2)10-8-14-11(7-12)13-10;1-2/h3-6,8H,1H2,2H3;1-2H3/b6-4-,9-5+;. The molecule has 0 unspecified atom stereocenters. The molecule has 0 atom stereocenters. The van der Waals surface area contributed by atoms with Gasteiger partial charge in [0.05, 0.1) is 5.69 Å². The molecule has 0 aliphatic carbocycles. The summed E-state index contributed by atoms with van der Waals surface area (Å²) >= 11 is 1.35. The zero-order valence-electron chi connectivity index (χ0n) is 9.90. The van der Waals surface area contributed by atoms with Crippen LogP contribution < -0.4 is 0 Å². The average molecular weight is 232 g/mol. The third-order valence-corrected chi connectivity index (χ3v) is 2.29. The summed E-state index contributed by atoms with van der Waals surface area (Å²) in [5.74, 6) is 0. The van der Waals surface area contributed by atoms with Crippen LogP contribution in [0.2, 0.25) is 0 Å². The lowest BCUT2D eigenvalue weighted by Crippen LogP contribution is -1.81. The minimum Gasteiger partial charge on any atom is -0.226 e. The van der Waals surface area contributed by atoms with E-state index in [1.807, 2.05) is 50.4 Å². The van der Waals surface area contributed by atoms with Gasteiger partial charge in [0.25, 0.3) is 0 Å². The van der Waals surface area contributed by atoms with Gasteiger partial charge in [0.1, 0.15) is 6.07 Å². The molecule has 0 aliphatic heterocycles. The zero-order chi connectivity index (χ0) is 12.4. The van der Waals surface area contributed by atoms with Crippen molar-refractivity contribution in [2.75, 3.05) is 0 Å². The molecule has 1 heterocycles. The fourth-order valence-corrected chi connectivity index (χ4v) is 1.61. The Morgan fingerprint density at radius 3 is 2.69 bits per heavy atom. The van der Waals surface area contributed by atoms with E-state index in [0.717, 1.165) is 11.3 Å². The molecule has 0 fully saturated rings. The van der Waals surface area contributed by atoms with Gasteiger partial charge in [-0.15, -0.1) is 11.3 Å². The van der Waals surface area contributed by atoms with Crippen molar-refractivity contribution in [1.29, 1.82) is 5.26 Å². The number of hydrogen-bond acceptors (Lipinski definition) is 3. The summed E-state index contributed by atoms with van der Waals surface area (Å²) in [7, 11) is 0. The van der Waals surface area contributed by atoms with Crippen molar-refractivity contribution < 1.29 is 0 Å². The molecule has 1 rings (SSSR count). The van der Waals surface area contributed by atoms with Gasteiger partial charge in [0.2, 0.25) is 0 Å². The summed E-state index contributed by atoms with van der Waals surface area (Å²) in [6.45, 7) is 9.57. The van der Waals surface area contributed by atoms with Crippen LogP contribution in [0.25, 0.3) is 5.57 Å². The Labute approximate surface area is 101 Å². The van der Waals surface area contributed by atoms with Gasteiger partial charge in [-0.2, -0.15) is 5.26 Å². The normalized spacial score (nSPS) is 10.5. The van der Waals surface area contributed by atoms with Gasteiger partial charge in [-0.3, -0.25) is 0 Å². The van der Waals surface area contributed by atoms with Crippen LogP contribution in [0.15, 0.2) is 36.3 Å². The fraction of sp³-hybridized carbons (Fsp3) is 0.231. The summed E-state index contributed by atoms with van der Waals surface area (Å²) in [5.41, 5.74) is 1.80. The maximum Gasteiger partial charge on any atom is 0.194 e. The predicted molar refractivity (Wildman–Crippen MR) is 71.2 cm³/mol. The summed E-state index contributed by atoms with van der Waals surface area (Å²) in [4.78, 5) is 4.16. The quantitative estimate of drug-likeness (QED) is 0.733. The number of nitriles is 1. The van der Waals surface area contributed by atoms with Gasteiger partial charge in [-0.05, 0) is 6.92 Å². The Kier molecular flexibility index (Phi) is 7.74. The van der Waals surface area contributed by atoms with E-state index in [9.17, 15) is 0 Å². The number of nitrogens with zero attached hydrogens (tertiary/aromatic N) is 2. The lowest BCUT2D eigenvalue weighted by atomic mass is 10.2. The van der Waals surface area contributed by atoms with Gasteiger partial charge in [0.15, 0.2) is 5.01 Å². The van der Waals surface area contributed by atoms with Crippen LogP contribution in [0.5, 0.6) is 0 Å². The Balaban J connectivity index is 0.00000106. The highest BCUT2D eigenvalue weighted by atomic mass is 32.1. The van der Waals surface area contributed by atoms with Crippen molar-refractivity contribution in [2.24, 2.45) is 0 Å². The molecule has 84 valence electrons. The highest BCUT2D eigenvalue weighted by Gasteiger charge is 2.02. The summed E-state index contributed by atoms with van der Waals surface area (Å²) in [5, 5.41) is 11.0. The summed E-state index contributed by atoms with van der Waals surface area (Å²) in [6, 6.07) is 2.02. The number of rotatable bonds is 3. The van der Waals surface area contributed by atoms with E-state index in [2.05, 4.69) is 11.6 Å². The highest BCUT2D eigenvalue weighted by Crippen LogP contribution is 2.18. The van der Waals surface area contributed by atoms with Crippen LogP contribution >= 0.6 is 11.3 Å². The van der Waals surface area contributed by atoms with Gasteiger partial charge in [-0.1, -0.05) is 44.7 Å². The summed E-state index contributed by atoms with van der Waals surface area (Å²) in [6.07, 6.45) is 7.45. The van der Waals surface area contributed by atoms with Crippen molar-refractivity contribution in [3.63, 3.8) is 0 Å². The monoisotopic (exact) mass is 232 g/mol. The third kappa shape index (κ3) is 4.24. The van der Waals surface area contributed by atoms with E-state index in [4.69, 9.17) is 5.26 Å². The molecule has 2 nitrogen and oxygen atoms in total. The van der Waals surface area contributed by atoms with Crippen molar-refractivity contribution in [3.05, 3.63) is 47.0 Å². The SMILES string of the molecule is C=C/C=C(\C=C/C)c1csc(C#N)n1.CC. The Bertz CT molecular complexity index is 419. The van der Waals surface area contributed by atoms with Crippen molar-refractivity contribution >= 4 is 16.9 Å². The second-order valence-electron chi connectivity index (χ2n) is 2.51. The molecule has 3 heteroatoms. The number of allylic oxidation sites excluding steroid dienone is 5. The maximum absolute atomic E-state index is 8.63. The van der Waals surface area contributed by atoms with Crippen molar-refractivity contribution in [1.82, 2.24) is 4.98 Å². The third-order valence-electron chi connectivity index (χ3n) is 1.54. The van der Waals surface area contributed by atoms with E-state index in [1.54, 1.807) is 6.08 Å². The smallest absolute Gasteiger partial charge is 0.194 e. The molecule has 0 amide bonds. The highest BCUT2D eigenvalue weighted by molar-refractivity contribution is 7.10. The van der Waals surface area contributed by atoms with Crippen LogP contribution in [-0.4, -0.2) is 4.98 Å². The van der Waals surface area contributed by atoms with E-state index < -0.39 is 0 Å². The number of thiazole rings is 1. The number of hydrogen-bond donors (Lipinski definition) is 0. The first-order valence-corrected chi connectivity index (χ1v) is 6.01. The Morgan fingerprint density at radius 1 is 1.56 bits per heavy atom. The average Bonchev–Trinajstić information content (AvgIpc) is 2.80. The molecule has 0 spiro atoms. The molecule has 0 radical (unpaired) electrons. The van der Waals surface area contributed by atoms with Crippen molar-refractivity contribution in [3.8, 4) is 6.07 Å². The maximum atomic E-state index is 8.63. The van der Waals surface area contributed by atoms with Crippen LogP contribution in [0.4, 0.5) is 0 Å². The molecule has 1 aromatic rings. The van der Waals surface area contributed by atoms with Gasteiger partial charge < -0.3 is 0 Å². The molecular formula is C13H16N2S. The molecule has 0 aromatic carbocycles. The molecule has 16 heavy (non-hydrogen) atoms. The molecule has 0 saturated heterocycles. The first-order valence-electron chi connectivity index (χ1n) is 5.13. The van der Waals surface area contributed by atoms with Crippen molar-refractivity contribution in [2.45, 2.75) is 20.8 Å². The lowest BCUT2D eigenvalue weighted by Gasteiger charge is -1.93. The van der Waals surface area contributed by atoms with Gasteiger partial charge >= 0.3 is 0 Å². The molecule has 0 aliphatic rings.